The van der Waals surface area contributed by atoms with E-state index >= 15 is 0 Å². The van der Waals surface area contributed by atoms with Crippen molar-refractivity contribution in [3.8, 4) is 0 Å². The van der Waals surface area contributed by atoms with Crippen molar-refractivity contribution in [2.75, 3.05) is 32.5 Å². The van der Waals surface area contributed by atoms with Gasteiger partial charge in [-0.3, -0.25) is 10.1 Å². The highest BCUT2D eigenvalue weighted by Crippen LogP contribution is 2.17. The highest BCUT2D eigenvalue weighted by Gasteiger charge is 2.19. The third-order valence-corrected chi connectivity index (χ3v) is 2.79. The SMILES string of the molecule is CN(C)CC(C)(C)CNC(=O)Nc1cccc([N+](=O)[O-])c1. The third-order valence-electron chi connectivity index (χ3n) is 2.79. The molecular formula is C14H22N4O3. The minimum Gasteiger partial charge on any atom is -0.337 e. The molecule has 0 unspecified atom stereocenters. The summed E-state index contributed by atoms with van der Waals surface area (Å²) in [7, 11) is 3.95. The number of anilines is 1. The third kappa shape index (κ3) is 6.22. The van der Waals surface area contributed by atoms with Crippen LogP contribution < -0.4 is 10.6 Å². The van der Waals surface area contributed by atoms with E-state index in [2.05, 4.69) is 29.4 Å². The van der Waals surface area contributed by atoms with Gasteiger partial charge in [0.1, 0.15) is 0 Å². The largest absolute Gasteiger partial charge is 0.337 e. The van der Waals surface area contributed by atoms with E-state index in [0.29, 0.717) is 12.2 Å². The second kappa shape index (κ2) is 7.03. The van der Waals surface area contributed by atoms with Crippen LogP contribution >= 0.6 is 0 Å². The van der Waals surface area contributed by atoms with Gasteiger partial charge in [-0.25, -0.2) is 4.79 Å². The topological polar surface area (TPSA) is 87.5 Å². The first kappa shape index (κ1) is 16.9. The molecule has 0 atom stereocenters. The second-order valence-electron chi connectivity index (χ2n) is 6.02. The number of carbonyl (C=O) groups is 1. The molecule has 0 aliphatic rings. The number of nitro groups is 1. The van der Waals surface area contributed by atoms with Gasteiger partial charge in [-0.1, -0.05) is 19.9 Å². The van der Waals surface area contributed by atoms with Gasteiger partial charge in [0, 0.05) is 30.9 Å². The van der Waals surface area contributed by atoms with Crippen molar-refractivity contribution in [2.45, 2.75) is 13.8 Å². The molecule has 2 amide bonds. The molecule has 21 heavy (non-hydrogen) atoms. The minimum absolute atomic E-state index is 0.0549. The lowest BCUT2D eigenvalue weighted by molar-refractivity contribution is -0.384. The minimum atomic E-state index is -0.497. The molecule has 0 aliphatic heterocycles. The van der Waals surface area contributed by atoms with Gasteiger partial charge < -0.3 is 15.5 Å². The maximum Gasteiger partial charge on any atom is 0.319 e. The molecule has 7 heteroatoms. The van der Waals surface area contributed by atoms with Gasteiger partial charge in [0.2, 0.25) is 0 Å². The summed E-state index contributed by atoms with van der Waals surface area (Å²) in [6.45, 7) is 5.46. The van der Waals surface area contributed by atoms with Crippen molar-refractivity contribution < 1.29 is 9.72 Å². The lowest BCUT2D eigenvalue weighted by atomic mass is 9.93. The Morgan fingerprint density at radius 3 is 2.62 bits per heavy atom. The van der Waals surface area contributed by atoms with Crippen LogP contribution in [0.4, 0.5) is 16.2 Å². The summed E-state index contributed by atoms with van der Waals surface area (Å²) in [4.78, 5) is 24.1. The lowest BCUT2D eigenvalue weighted by Crippen LogP contribution is -2.41. The number of nitrogens with one attached hydrogen (secondary N) is 2. The molecule has 7 nitrogen and oxygen atoms in total. The Morgan fingerprint density at radius 2 is 2.05 bits per heavy atom. The molecule has 1 aromatic carbocycles. The molecule has 0 saturated carbocycles. The van der Waals surface area contributed by atoms with Crippen molar-refractivity contribution in [3.05, 3.63) is 34.4 Å². The fourth-order valence-corrected chi connectivity index (χ4v) is 2.10. The number of non-ortho nitro benzene ring substituents is 1. The fraction of sp³-hybridized carbons (Fsp3) is 0.500. The van der Waals surface area contributed by atoms with Crippen LogP contribution in [0.1, 0.15) is 13.8 Å². The molecule has 0 radical (unpaired) electrons. The van der Waals surface area contributed by atoms with Gasteiger partial charge in [-0.2, -0.15) is 0 Å². The van der Waals surface area contributed by atoms with Crippen molar-refractivity contribution in [3.63, 3.8) is 0 Å². The fourth-order valence-electron chi connectivity index (χ4n) is 2.10. The summed E-state index contributed by atoms with van der Waals surface area (Å²) < 4.78 is 0. The van der Waals surface area contributed by atoms with Gasteiger partial charge in [0.15, 0.2) is 0 Å². The summed E-state index contributed by atoms with van der Waals surface area (Å²) >= 11 is 0. The molecule has 2 N–H and O–H groups in total. The van der Waals surface area contributed by atoms with Crippen molar-refractivity contribution >= 4 is 17.4 Å². The molecule has 0 heterocycles. The maximum absolute atomic E-state index is 11.8. The number of nitrogens with zero attached hydrogens (tertiary/aromatic N) is 2. The van der Waals surface area contributed by atoms with E-state index in [-0.39, 0.29) is 17.1 Å². The van der Waals surface area contributed by atoms with E-state index in [0.717, 1.165) is 6.54 Å². The van der Waals surface area contributed by atoms with Gasteiger partial charge in [0.05, 0.1) is 4.92 Å². The Labute approximate surface area is 124 Å². The van der Waals surface area contributed by atoms with E-state index in [1.807, 2.05) is 14.1 Å². The molecule has 0 saturated heterocycles. The number of rotatable bonds is 6. The van der Waals surface area contributed by atoms with Crippen molar-refractivity contribution in [1.82, 2.24) is 10.2 Å². The molecule has 116 valence electrons. The monoisotopic (exact) mass is 294 g/mol. The van der Waals surface area contributed by atoms with E-state index in [1.54, 1.807) is 6.07 Å². The van der Waals surface area contributed by atoms with Crippen LogP contribution in [-0.2, 0) is 0 Å². The molecular weight excluding hydrogens is 272 g/mol. The Balaban J connectivity index is 2.54. The molecule has 1 aromatic rings. The van der Waals surface area contributed by atoms with Crippen molar-refractivity contribution in [2.24, 2.45) is 5.41 Å². The summed E-state index contributed by atoms with van der Waals surface area (Å²) in [5.41, 5.74) is 0.275. The summed E-state index contributed by atoms with van der Waals surface area (Å²) in [5, 5.41) is 16.0. The smallest absolute Gasteiger partial charge is 0.319 e. The predicted octanol–water partition coefficient (Wildman–Crippen LogP) is 2.30. The molecule has 0 bridgehead atoms. The summed E-state index contributed by atoms with van der Waals surface area (Å²) in [6.07, 6.45) is 0. The Bertz CT molecular complexity index is 515. The number of amides is 2. The predicted molar refractivity (Wildman–Crippen MR) is 82.5 cm³/mol. The Kier molecular flexibility index (Phi) is 5.66. The summed E-state index contributed by atoms with van der Waals surface area (Å²) in [6, 6.07) is 5.47. The number of nitro benzene ring substituents is 1. The number of hydrogen-bond acceptors (Lipinski definition) is 4. The first-order chi connectivity index (χ1) is 9.69. The van der Waals surface area contributed by atoms with Gasteiger partial charge in [-0.15, -0.1) is 0 Å². The maximum atomic E-state index is 11.8. The normalized spacial score (nSPS) is 11.3. The lowest BCUT2D eigenvalue weighted by Gasteiger charge is -2.28. The van der Waals surface area contributed by atoms with Crippen LogP contribution in [0, 0.1) is 15.5 Å². The van der Waals surface area contributed by atoms with E-state index in [1.165, 1.54) is 18.2 Å². The van der Waals surface area contributed by atoms with Crippen LogP contribution in [0.3, 0.4) is 0 Å². The molecule has 0 aliphatic carbocycles. The van der Waals surface area contributed by atoms with Crippen LogP contribution in [0.2, 0.25) is 0 Å². The van der Waals surface area contributed by atoms with Crippen LogP contribution in [0.5, 0.6) is 0 Å². The zero-order valence-corrected chi connectivity index (χ0v) is 12.8. The van der Waals surface area contributed by atoms with Gasteiger partial charge in [0.25, 0.3) is 5.69 Å². The highest BCUT2D eigenvalue weighted by molar-refractivity contribution is 5.89. The zero-order chi connectivity index (χ0) is 16.0. The number of benzene rings is 1. The van der Waals surface area contributed by atoms with Gasteiger partial charge >= 0.3 is 6.03 Å². The van der Waals surface area contributed by atoms with E-state index in [4.69, 9.17) is 0 Å². The first-order valence-corrected chi connectivity index (χ1v) is 6.64. The molecule has 0 spiro atoms. The highest BCUT2D eigenvalue weighted by atomic mass is 16.6. The quantitative estimate of drug-likeness (QED) is 0.622. The van der Waals surface area contributed by atoms with E-state index < -0.39 is 4.92 Å². The number of urea groups is 1. The molecule has 1 rings (SSSR count). The molecule has 0 fully saturated rings. The standard InChI is InChI=1S/C14H22N4O3/c1-14(2,10-17(3)4)9-15-13(19)16-11-6-5-7-12(8-11)18(20)21/h5-8H,9-10H2,1-4H3,(H2,15,16,19). The summed E-state index contributed by atoms with van der Waals surface area (Å²) in [5.74, 6) is 0. The van der Waals surface area contributed by atoms with Gasteiger partial charge in [-0.05, 0) is 25.6 Å². The van der Waals surface area contributed by atoms with Crippen LogP contribution in [0.25, 0.3) is 0 Å². The Morgan fingerprint density at radius 1 is 1.38 bits per heavy atom. The Hall–Kier alpha value is -2.15. The van der Waals surface area contributed by atoms with Crippen molar-refractivity contribution in [1.29, 1.82) is 0 Å². The average molecular weight is 294 g/mol. The zero-order valence-electron chi connectivity index (χ0n) is 12.8. The number of carbonyl (C=O) groups excluding carboxylic acids is 1. The van der Waals surface area contributed by atoms with Crippen LogP contribution in [0.15, 0.2) is 24.3 Å². The number of hydrogen-bond donors (Lipinski definition) is 2. The first-order valence-electron chi connectivity index (χ1n) is 6.64. The van der Waals surface area contributed by atoms with Crippen LogP contribution in [-0.4, -0.2) is 43.0 Å². The van der Waals surface area contributed by atoms with E-state index in [9.17, 15) is 14.9 Å². The average Bonchev–Trinajstić information content (AvgIpc) is 2.35. The molecule has 0 aromatic heterocycles. The second-order valence-corrected chi connectivity index (χ2v) is 6.02.